The normalized spacial score (nSPS) is 15.8. The number of anilines is 1. The molecule has 0 bridgehead atoms. The Labute approximate surface area is 207 Å². The molecule has 1 aromatic heterocycles. The highest BCUT2D eigenvalue weighted by Gasteiger charge is 2.34. The lowest BCUT2D eigenvalue weighted by Gasteiger charge is -2.18. The van der Waals surface area contributed by atoms with E-state index in [1.807, 2.05) is 71.6 Å². The average molecular weight is 520 g/mol. The lowest BCUT2D eigenvalue weighted by Crippen LogP contribution is -2.24. The van der Waals surface area contributed by atoms with Gasteiger partial charge in [-0.25, -0.2) is 4.98 Å². The fourth-order valence-corrected chi connectivity index (χ4v) is 4.80. The van der Waals surface area contributed by atoms with Crippen LogP contribution in [0.4, 0.5) is 5.69 Å². The summed E-state index contributed by atoms with van der Waals surface area (Å²) in [5, 5.41) is 0. The molecule has 3 aromatic carbocycles. The molecule has 174 valence electrons. The van der Waals surface area contributed by atoms with Crippen molar-refractivity contribution in [3.8, 4) is 11.5 Å². The van der Waals surface area contributed by atoms with Crippen molar-refractivity contribution in [3.05, 3.63) is 83.1 Å². The van der Waals surface area contributed by atoms with Gasteiger partial charge in [-0.3, -0.25) is 4.79 Å². The first kappa shape index (κ1) is 22.5. The van der Waals surface area contributed by atoms with Crippen LogP contribution < -0.4 is 14.4 Å². The number of methoxy groups -OCH3 is 1. The quantitative estimate of drug-likeness (QED) is 0.276. The second kappa shape index (κ2) is 9.89. The largest absolute Gasteiger partial charge is 0.493 e. The number of halogens is 1. The Hall–Kier alpha value is -3.32. The van der Waals surface area contributed by atoms with E-state index in [1.165, 1.54) is 0 Å². The van der Waals surface area contributed by atoms with Gasteiger partial charge < -0.3 is 18.9 Å². The zero-order valence-corrected chi connectivity index (χ0v) is 20.6. The fourth-order valence-electron chi connectivity index (χ4n) is 4.53. The zero-order valence-electron chi connectivity index (χ0n) is 19.0. The SMILES string of the molecule is COc1ccccc1OCCCn1c(C2CC(=O)N(c3ccc(Br)cc3)C2)nc2ccccc21. The number of rotatable bonds is 8. The molecule has 0 spiro atoms. The van der Waals surface area contributed by atoms with Gasteiger partial charge in [-0.15, -0.1) is 0 Å². The van der Waals surface area contributed by atoms with Gasteiger partial charge in [-0.2, -0.15) is 0 Å². The van der Waals surface area contributed by atoms with Crippen LogP contribution in [-0.2, 0) is 11.3 Å². The molecule has 6 nitrogen and oxygen atoms in total. The van der Waals surface area contributed by atoms with Crippen LogP contribution in [-0.4, -0.2) is 35.7 Å². The van der Waals surface area contributed by atoms with Gasteiger partial charge in [0.05, 0.1) is 24.8 Å². The molecule has 1 amide bonds. The molecule has 1 aliphatic heterocycles. The van der Waals surface area contributed by atoms with E-state index in [0.717, 1.165) is 51.5 Å². The van der Waals surface area contributed by atoms with Crippen molar-refractivity contribution < 1.29 is 14.3 Å². The first-order valence-corrected chi connectivity index (χ1v) is 12.2. The number of hydrogen-bond donors (Lipinski definition) is 0. The Morgan fingerprint density at radius 3 is 2.53 bits per heavy atom. The van der Waals surface area contributed by atoms with Crippen molar-refractivity contribution in [1.82, 2.24) is 9.55 Å². The van der Waals surface area contributed by atoms with E-state index in [1.54, 1.807) is 7.11 Å². The highest BCUT2D eigenvalue weighted by Crippen LogP contribution is 2.34. The van der Waals surface area contributed by atoms with Gasteiger partial charge in [0, 0.05) is 35.6 Å². The minimum atomic E-state index is 0.0404. The standard InChI is InChI=1S/C27H26BrN3O3/c1-33-24-9-4-5-10-25(24)34-16-6-15-30-23-8-3-2-7-22(23)29-27(30)19-17-26(32)31(18-19)21-13-11-20(28)12-14-21/h2-5,7-14,19H,6,15-18H2,1H3. The number of aryl methyl sites for hydroxylation is 1. The topological polar surface area (TPSA) is 56.6 Å². The van der Waals surface area contributed by atoms with Crippen LogP contribution >= 0.6 is 15.9 Å². The summed E-state index contributed by atoms with van der Waals surface area (Å²) in [7, 11) is 1.65. The van der Waals surface area contributed by atoms with Crippen LogP contribution in [0.25, 0.3) is 11.0 Å². The number of carbonyl (C=O) groups is 1. The number of aromatic nitrogens is 2. The Balaban J connectivity index is 1.34. The molecular weight excluding hydrogens is 494 g/mol. The van der Waals surface area contributed by atoms with Crippen molar-refractivity contribution >= 4 is 38.6 Å². The number of amides is 1. The molecule has 1 aliphatic rings. The number of para-hydroxylation sites is 4. The Kier molecular flexibility index (Phi) is 6.54. The van der Waals surface area contributed by atoms with Crippen molar-refractivity contribution in [2.24, 2.45) is 0 Å². The highest BCUT2D eigenvalue weighted by molar-refractivity contribution is 9.10. The van der Waals surface area contributed by atoms with Gasteiger partial charge >= 0.3 is 0 Å². The predicted octanol–water partition coefficient (Wildman–Crippen LogP) is 5.80. The summed E-state index contributed by atoms with van der Waals surface area (Å²) in [5.41, 5.74) is 2.96. The van der Waals surface area contributed by atoms with Crippen LogP contribution in [0, 0.1) is 0 Å². The molecule has 0 saturated carbocycles. The van der Waals surface area contributed by atoms with Crippen molar-refractivity contribution in [2.45, 2.75) is 25.3 Å². The maximum absolute atomic E-state index is 12.9. The van der Waals surface area contributed by atoms with Gasteiger partial charge in [0.25, 0.3) is 0 Å². The number of nitrogens with zero attached hydrogens (tertiary/aromatic N) is 3. The summed E-state index contributed by atoms with van der Waals surface area (Å²) in [6, 6.07) is 23.7. The summed E-state index contributed by atoms with van der Waals surface area (Å²) < 4.78 is 14.6. The Bertz CT molecular complexity index is 1300. The summed E-state index contributed by atoms with van der Waals surface area (Å²) in [4.78, 5) is 19.7. The summed E-state index contributed by atoms with van der Waals surface area (Å²) in [5.74, 6) is 2.61. The second-order valence-electron chi connectivity index (χ2n) is 8.35. The van der Waals surface area contributed by atoms with Gasteiger partial charge in [0.15, 0.2) is 11.5 Å². The third-order valence-electron chi connectivity index (χ3n) is 6.17. The Morgan fingerprint density at radius 2 is 1.74 bits per heavy atom. The molecule has 1 unspecified atom stereocenters. The number of hydrogen-bond acceptors (Lipinski definition) is 4. The van der Waals surface area contributed by atoms with E-state index in [-0.39, 0.29) is 11.8 Å². The number of ether oxygens (including phenoxy) is 2. The van der Waals surface area contributed by atoms with E-state index < -0.39 is 0 Å². The minimum Gasteiger partial charge on any atom is -0.493 e. The van der Waals surface area contributed by atoms with Crippen LogP contribution in [0.5, 0.6) is 11.5 Å². The van der Waals surface area contributed by atoms with Gasteiger partial charge in [-0.05, 0) is 55.0 Å². The first-order chi connectivity index (χ1) is 16.6. The lowest BCUT2D eigenvalue weighted by atomic mass is 10.1. The number of imidazole rings is 1. The van der Waals surface area contributed by atoms with E-state index >= 15 is 0 Å². The molecule has 34 heavy (non-hydrogen) atoms. The molecule has 1 saturated heterocycles. The molecule has 7 heteroatoms. The van der Waals surface area contributed by atoms with E-state index in [4.69, 9.17) is 14.5 Å². The third-order valence-corrected chi connectivity index (χ3v) is 6.69. The molecule has 5 rings (SSSR count). The lowest BCUT2D eigenvalue weighted by molar-refractivity contribution is -0.117. The van der Waals surface area contributed by atoms with Crippen molar-refractivity contribution in [1.29, 1.82) is 0 Å². The number of benzene rings is 3. The van der Waals surface area contributed by atoms with Gasteiger partial charge in [0.1, 0.15) is 5.82 Å². The summed E-state index contributed by atoms with van der Waals surface area (Å²) >= 11 is 3.47. The van der Waals surface area contributed by atoms with E-state index in [2.05, 4.69) is 26.6 Å². The maximum Gasteiger partial charge on any atom is 0.227 e. The molecule has 2 heterocycles. The minimum absolute atomic E-state index is 0.0404. The molecule has 1 fully saturated rings. The summed E-state index contributed by atoms with van der Waals surface area (Å²) in [6.45, 7) is 1.94. The molecule has 0 N–H and O–H groups in total. The average Bonchev–Trinajstić information content (AvgIpc) is 3.43. The van der Waals surface area contributed by atoms with Crippen LogP contribution in [0.2, 0.25) is 0 Å². The molecule has 0 aliphatic carbocycles. The third kappa shape index (κ3) is 4.53. The smallest absolute Gasteiger partial charge is 0.227 e. The van der Waals surface area contributed by atoms with Crippen LogP contribution in [0.15, 0.2) is 77.3 Å². The van der Waals surface area contributed by atoms with E-state index in [0.29, 0.717) is 19.6 Å². The number of fused-ring (bicyclic) bond motifs is 1. The predicted molar refractivity (Wildman–Crippen MR) is 137 cm³/mol. The van der Waals surface area contributed by atoms with Crippen LogP contribution in [0.3, 0.4) is 0 Å². The summed E-state index contributed by atoms with van der Waals surface area (Å²) in [6.07, 6.45) is 1.26. The Morgan fingerprint density at radius 1 is 1.00 bits per heavy atom. The fraction of sp³-hybridized carbons (Fsp3) is 0.259. The maximum atomic E-state index is 12.9. The van der Waals surface area contributed by atoms with Crippen molar-refractivity contribution in [3.63, 3.8) is 0 Å². The molecule has 4 aromatic rings. The molecular formula is C27H26BrN3O3. The second-order valence-corrected chi connectivity index (χ2v) is 9.26. The van der Waals surface area contributed by atoms with Gasteiger partial charge in [-0.1, -0.05) is 40.2 Å². The van der Waals surface area contributed by atoms with Crippen molar-refractivity contribution in [2.75, 3.05) is 25.2 Å². The molecule has 1 atom stereocenters. The van der Waals surface area contributed by atoms with E-state index in [9.17, 15) is 4.79 Å². The van der Waals surface area contributed by atoms with Gasteiger partial charge in [0.2, 0.25) is 5.91 Å². The molecule has 0 radical (unpaired) electrons. The monoisotopic (exact) mass is 519 g/mol. The zero-order chi connectivity index (χ0) is 23.5. The number of carbonyl (C=O) groups excluding carboxylic acids is 1. The van der Waals surface area contributed by atoms with Crippen LogP contribution in [0.1, 0.15) is 24.6 Å². The highest BCUT2D eigenvalue weighted by atomic mass is 79.9. The first-order valence-electron chi connectivity index (χ1n) is 11.4.